The minimum atomic E-state index is -4.42. The number of halogens is 3. The predicted octanol–water partition coefficient (Wildman–Crippen LogP) is 3.86. The molecule has 0 saturated carbocycles. The molecule has 0 bridgehead atoms. The molecular weight excluding hydrogens is 299 g/mol. The number of rotatable bonds is 6. The van der Waals surface area contributed by atoms with Crippen LogP contribution in [0.1, 0.15) is 12.0 Å². The number of nitrogens with zero attached hydrogens (tertiary/aromatic N) is 1. The molecule has 0 unspecified atom stereocenters. The highest BCUT2D eigenvalue weighted by molar-refractivity contribution is 5.49. The van der Waals surface area contributed by atoms with Crippen LogP contribution >= 0.6 is 0 Å². The molecular formula is C15H12F3NO3. The summed E-state index contributed by atoms with van der Waals surface area (Å²) in [6, 6.07) is 8.50. The van der Waals surface area contributed by atoms with Crippen molar-refractivity contribution in [2.24, 2.45) is 0 Å². The number of aromatic nitrogens is 1. The minimum Gasteiger partial charge on any atom is -0.493 e. The van der Waals surface area contributed by atoms with Crippen LogP contribution in [0.4, 0.5) is 13.2 Å². The Kier molecular flexibility index (Phi) is 4.98. The SMILES string of the molecule is O=CCCOc1ccc(Oc2ccc(C(F)(F)F)cn2)cc1. The van der Waals surface area contributed by atoms with Gasteiger partial charge in [-0.2, -0.15) is 13.2 Å². The van der Waals surface area contributed by atoms with E-state index in [0.29, 0.717) is 24.1 Å². The van der Waals surface area contributed by atoms with Crippen LogP contribution in [0.2, 0.25) is 0 Å². The Labute approximate surface area is 124 Å². The molecule has 4 nitrogen and oxygen atoms in total. The first kappa shape index (κ1) is 15.8. The van der Waals surface area contributed by atoms with Crippen molar-refractivity contribution in [2.45, 2.75) is 12.6 Å². The summed E-state index contributed by atoms with van der Waals surface area (Å²) in [5.74, 6) is 1.03. The van der Waals surface area contributed by atoms with Crippen molar-refractivity contribution in [3.05, 3.63) is 48.2 Å². The molecule has 1 aromatic carbocycles. The molecule has 7 heteroatoms. The van der Waals surface area contributed by atoms with E-state index in [9.17, 15) is 18.0 Å². The van der Waals surface area contributed by atoms with Gasteiger partial charge in [-0.15, -0.1) is 0 Å². The molecule has 0 aliphatic rings. The smallest absolute Gasteiger partial charge is 0.417 e. The number of hydrogen-bond acceptors (Lipinski definition) is 4. The lowest BCUT2D eigenvalue weighted by molar-refractivity contribution is -0.137. The summed E-state index contributed by atoms with van der Waals surface area (Å²) in [7, 11) is 0. The largest absolute Gasteiger partial charge is 0.493 e. The summed E-state index contributed by atoms with van der Waals surface area (Å²) in [6.45, 7) is 0.282. The fraction of sp³-hybridized carbons (Fsp3) is 0.200. The van der Waals surface area contributed by atoms with Crippen LogP contribution in [0.3, 0.4) is 0 Å². The summed E-state index contributed by atoms with van der Waals surface area (Å²) in [4.78, 5) is 13.8. The van der Waals surface area contributed by atoms with Gasteiger partial charge in [-0.3, -0.25) is 0 Å². The molecule has 1 aromatic heterocycles. The quantitative estimate of drug-likeness (QED) is 0.600. The second-order valence-corrected chi connectivity index (χ2v) is 4.26. The van der Waals surface area contributed by atoms with E-state index in [-0.39, 0.29) is 12.5 Å². The van der Waals surface area contributed by atoms with Crippen molar-refractivity contribution in [3.8, 4) is 17.4 Å². The van der Waals surface area contributed by atoms with Gasteiger partial charge in [0.05, 0.1) is 12.2 Å². The number of hydrogen-bond donors (Lipinski definition) is 0. The third-order valence-corrected chi connectivity index (χ3v) is 2.61. The Bertz CT molecular complexity index is 609. The molecule has 0 fully saturated rings. The van der Waals surface area contributed by atoms with Crippen molar-refractivity contribution >= 4 is 6.29 Å². The Hall–Kier alpha value is -2.57. The monoisotopic (exact) mass is 311 g/mol. The van der Waals surface area contributed by atoms with Crippen molar-refractivity contribution in [1.29, 1.82) is 0 Å². The van der Waals surface area contributed by atoms with Gasteiger partial charge in [-0.1, -0.05) is 0 Å². The van der Waals surface area contributed by atoms with Gasteiger partial charge in [0.1, 0.15) is 17.8 Å². The lowest BCUT2D eigenvalue weighted by Crippen LogP contribution is -2.05. The van der Waals surface area contributed by atoms with Crippen LogP contribution in [-0.2, 0) is 11.0 Å². The Morgan fingerprint density at radius 2 is 1.73 bits per heavy atom. The second kappa shape index (κ2) is 6.93. The molecule has 2 aromatic rings. The third kappa shape index (κ3) is 4.47. The number of ether oxygens (including phenoxy) is 2. The van der Waals surface area contributed by atoms with E-state index in [1.54, 1.807) is 24.3 Å². The number of alkyl halides is 3. The van der Waals surface area contributed by atoms with Gasteiger partial charge < -0.3 is 14.3 Å². The van der Waals surface area contributed by atoms with Gasteiger partial charge >= 0.3 is 6.18 Å². The van der Waals surface area contributed by atoms with Gasteiger partial charge in [-0.25, -0.2) is 4.98 Å². The molecule has 0 spiro atoms. The molecule has 0 atom stereocenters. The first-order valence-electron chi connectivity index (χ1n) is 6.36. The summed E-state index contributed by atoms with van der Waals surface area (Å²) >= 11 is 0. The van der Waals surface area contributed by atoms with Crippen molar-refractivity contribution in [1.82, 2.24) is 4.98 Å². The van der Waals surface area contributed by atoms with E-state index in [4.69, 9.17) is 9.47 Å². The standard InChI is InChI=1S/C15H12F3NO3/c16-15(17,18)11-2-7-14(19-10-11)22-13-5-3-12(4-6-13)21-9-1-8-20/h2-8,10H,1,9H2. The van der Waals surface area contributed by atoms with Crippen LogP contribution in [0.25, 0.3) is 0 Å². The highest BCUT2D eigenvalue weighted by Gasteiger charge is 2.30. The molecule has 1 heterocycles. The van der Waals surface area contributed by atoms with E-state index in [0.717, 1.165) is 18.4 Å². The highest BCUT2D eigenvalue weighted by atomic mass is 19.4. The fourth-order valence-corrected chi connectivity index (χ4v) is 1.56. The lowest BCUT2D eigenvalue weighted by atomic mass is 10.3. The number of benzene rings is 1. The lowest BCUT2D eigenvalue weighted by Gasteiger charge is -2.09. The minimum absolute atomic E-state index is 0.0580. The van der Waals surface area contributed by atoms with Crippen molar-refractivity contribution < 1.29 is 27.4 Å². The average Bonchev–Trinajstić information content (AvgIpc) is 2.49. The maximum atomic E-state index is 12.4. The van der Waals surface area contributed by atoms with E-state index in [1.165, 1.54) is 0 Å². The number of pyridine rings is 1. The van der Waals surface area contributed by atoms with Crippen molar-refractivity contribution in [3.63, 3.8) is 0 Å². The fourth-order valence-electron chi connectivity index (χ4n) is 1.56. The second-order valence-electron chi connectivity index (χ2n) is 4.26. The zero-order chi connectivity index (χ0) is 16.0. The summed E-state index contributed by atoms with van der Waals surface area (Å²) in [5.41, 5.74) is -0.834. The topological polar surface area (TPSA) is 48.4 Å². The summed E-state index contributed by atoms with van der Waals surface area (Å²) in [6.07, 6.45) is -2.65. The molecule has 2 rings (SSSR count). The maximum absolute atomic E-state index is 12.4. The molecule has 116 valence electrons. The molecule has 0 saturated heterocycles. The number of carbonyl (C=O) groups is 1. The van der Waals surface area contributed by atoms with E-state index in [1.807, 2.05) is 0 Å². The summed E-state index contributed by atoms with van der Waals surface area (Å²) < 4.78 is 47.8. The van der Waals surface area contributed by atoms with Gasteiger partial charge in [-0.05, 0) is 30.3 Å². The number of carbonyl (C=O) groups excluding carboxylic acids is 1. The molecule has 0 N–H and O–H groups in total. The molecule has 22 heavy (non-hydrogen) atoms. The van der Waals surface area contributed by atoms with Crippen LogP contribution in [0.5, 0.6) is 17.4 Å². The molecule has 0 aliphatic heterocycles. The average molecular weight is 311 g/mol. The van der Waals surface area contributed by atoms with Gasteiger partial charge in [0.15, 0.2) is 0 Å². The van der Waals surface area contributed by atoms with Crippen molar-refractivity contribution in [2.75, 3.05) is 6.61 Å². The third-order valence-electron chi connectivity index (χ3n) is 2.61. The Morgan fingerprint density at radius 1 is 1.05 bits per heavy atom. The summed E-state index contributed by atoms with van der Waals surface area (Å²) in [5, 5.41) is 0. The normalized spacial score (nSPS) is 11.0. The Balaban J connectivity index is 1.97. The van der Waals surface area contributed by atoms with E-state index < -0.39 is 11.7 Å². The number of aldehydes is 1. The highest BCUT2D eigenvalue weighted by Crippen LogP contribution is 2.30. The van der Waals surface area contributed by atoms with E-state index >= 15 is 0 Å². The zero-order valence-corrected chi connectivity index (χ0v) is 11.3. The van der Waals surface area contributed by atoms with E-state index in [2.05, 4.69) is 4.98 Å². The van der Waals surface area contributed by atoms with Crippen LogP contribution < -0.4 is 9.47 Å². The first-order chi connectivity index (χ1) is 10.5. The maximum Gasteiger partial charge on any atom is 0.417 e. The zero-order valence-electron chi connectivity index (χ0n) is 11.3. The van der Waals surface area contributed by atoms with Crippen LogP contribution in [0.15, 0.2) is 42.6 Å². The van der Waals surface area contributed by atoms with Crippen LogP contribution in [-0.4, -0.2) is 17.9 Å². The Morgan fingerprint density at radius 3 is 2.27 bits per heavy atom. The molecule has 0 aliphatic carbocycles. The van der Waals surface area contributed by atoms with Crippen LogP contribution in [0, 0.1) is 0 Å². The van der Waals surface area contributed by atoms with Gasteiger partial charge in [0.2, 0.25) is 5.88 Å². The predicted molar refractivity (Wildman–Crippen MR) is 71.9 cm³/mol. The van der Waals surface area contributed by atoms with Gasteiger partial charge in [0, 0.05) is 18.7 Å². The molecule has 0 radical (unpaired) electrons. The molecule has 0 amide bonds. The van der Waals surface area contributed by atoms with Gasteiger partial charge in [0.25, 0.3) is 0 Å². The first-order valence-corrected chi connectivity index (χ1v) is 6.36.